The Bertz CT molecular complexity index is 588. The zero-order valence-corrected chi connectivity index (χ0v) is 13.5. The fourth-order valence-electron chi connectivity index (χ4n) is 1.94. The molecule has 4 heteroatoms. The van der Waals surface area contributed by atoms with Crippen molar-refractivity contribution in [2.75, 3.05) is 0 Å². The van der Waals surface area contributed by atoms with Gasteiger partial charge in [-0.15, -0.1) is 0 Å². The number of halogens is 1. The number of carbonyl (C=O) groups excluding carboxylic acids is 1. The van der Waals surface area contributed by atoms with Crippen LogP contribution in [0.4, 0.5) is 0 Å². The summed E-state index contributed by atoms with van der Waals surface area (Å²) in [5.41, 5.74) is 1.27. The van der Waals surface area contributed by atoms with E-state index in [0.717, 1.165) is 17.3 Å². The van der Waals surface area contributed by atoms with E-state index in [0.29, 0.717) is 5.76 Å². The van der Waals surface area contributed by atoms with Crippen molar-refractivity contribution in [3.8, 4) is 0 Å². The van der Waals surface area contributed by atoms with Gasteiger partial charge >= 0.3 is 0 Å². The van der Waals surface area contributed by atoms with Gasteiger partial charge in [-0.05, 0) is 55.7 Å². The topological polar surface area (TPSA) is 42.2 Å². The normalized spacial score (nSPS) is 12.5. The molecule has 0 aliphatic heterocycles. The summed E-state index contributed by atoms with van der Waals surface area (Å²) in [6, 6.07) is 12.0. The highest BCUT2D eigenvalue weighted by Gasteiger charge is 2.05. The molecule has 1 N–H and O–H groups in total. The number of benzene rings is 1. The molecule has 0 saturated carbocycles. The third-order valence-electron chi connectivity index (χ3n) is 3.11. The standard InChI is InChI=1S/C17H18BrNO2/c1-13(4-5-14-6-8-15(18)9-7-14)19-17(20)11-10-16-3-2-12-21-16/h2-3,6-13H,4-5H2,1H3,(H,19,20). The van der Waals surface area contributed by atoms with Crippen molar-refractivity contribution >= 4 is 27.9 Å². The van der Waals surface area contributed by atoms with E-state index in [4.69, 9.17) is 4.42 Å². The third-order valence-corrected chi connectivity index (χ3v) is 3.64. The second-order valence-corrected chi connectivity index (χ2v) is 5.84. The lowest BCUT2D eigenvalue weighted by molar-refractivity contribution is -0.117. The van der Waals surface area contributed by atoms with Gasteiger partial charge in [-0.2, -0.15) is 0 Å². The summed E-state index contributed by atoms with van der Waals surface area (Å²) in [5.74, 6) is 0.572. The molecule has 1 unspecified atom stereocenters. The van der Waals surface area contributed by atoms with Crippen LogP contribution >= 0.6 is 15.9 Å². The third kappa shape index (κ3) is 5.60. The van der Waals surface area contributed by atoms with Crippen molar-refractivity contribution < 1.29 is 9.21 Å². The maximum atomic E-state index is 11.8. The Balaban J connectivity index is 1.74. The molecule has 110 valence electrons. The predicted molar refractivity (Wildman–Crippen MR) is 87.8 cm³/mol. The van der Waals surface area contributed by atoms with Gasteiger partial charge in [-0.1, -0.05) is 28.1 Å². The highest BCUT2D eigenvalue weighted by molar-refractivity contribution is 9.10. The maximum absolute atomic E-state index is 11.8. The molecule has 2 rings (SSSR count). The van der Waals surface area contributed by atoms with Crippen LogP contribution < -0.4 is 5.32 Å². The lowest BCUT2D eigenvalue weighted by Crippen LogP contribution is -2.31. The molecule has 0 bridgehead atoms. The molecular formula is C17H18BrNO2. The average Bonchev–Trinajstić information content (AvgIpc) is 2.98. The van der Waals surface area contributed by atoms with E-state index in [1.807, 2.05) is 19.1 Å². The van der Waals surface area contributed by atoms with Gasteiger partial charge in [-0.3, -0.25) is 4.79 Å². The van der Waals surface area contributed by atoms with Crippen molar-refractivity contribution in [1.82, 2.24) is 5.32 Å². The van der Waals surface area contributed by atoms with E-state index in [2.05, 4.69) is 33.4 Å². The van der Waals surface area contributed by atoms with Crippen molar-refractivity contribution in [1.29, 1.82) is 0 Å². The highest BCUT2D eigenvalue weighted by Crippen LogP contribution is 2.12. The molecule has 0 spiro atoms. The molecule has 0 aliphatic rings. The quantitative estimate of drug-likeness (QED) is 0.796. The molecule has 1 amide bonds. The van der Waals surface area contributed by atoms with Crippen molar-refractivity contribution in [2.24, 2.45) is 0 Å². The zero-order valence-electron chi connectivity index (χ0n) is 11.9. The molecular weight excluding hydrogens is 330 g/mol. The number of hydrogen-bond donors (Lipinski definition) is 1. The van der Waals surface area contributed by atoms with Gasteiger partial charge in [0.1, 0.15) is 5.76 Å². The van der Waals surface area contributed by atoms with Crippen LogP contribution in [0.2, 0.25) is 0 Å². The molecule has 21 heavy (non-hydrogen) atoms. The first-order valence-corrected chi connectivity index (χ1v) is 7.69. The first-order chi connectivity index (χ1) is 10.1. The molecule has 0 saturated heterocycles. The fraction of sp³-hybridized carbons (Fsp3) is 0.235. The molecule has 0 fully saturated rings. The summed E-state index contributed by atoms with van der Waals surface area (Å²) < 4.78 is 6.21. The number of amides is 1. The first kappa shape index (κ1) is 15.6. The minimum Gasteiger partial charge on any atom is -0.465 e. The number of rotatable bonds is 6. The Morgan fingerprint density at radius 2 is 2.10 bits per heavy atom. The fourth-order valence-corrected chi connectivity index (χ4v) is 2.21. The van der Waals surface area contributed by atoms with Crippen LogP contribution in [0.25, 0.3) is 6.08 Å². The second kappa shape index (κ2) is 7.84. The Morgan fingerprint density at radius 1 is 1.33 bits per heavy atom. The number of carbonyl (C=O) groups is 1. The number of nitrogens with one attached hydrogen (secondary N) is 1. The van der Waals surface area contributed by atoms with Crippen LogP contribution in [0.1, 0.15) is 24.7 Å². The van der Waals surface area contributed by atoms with Crippen LogP contribution in [-0.2, 0) is 11.2 Å². The summed E-state index contributed by atoms with van der Waals surface area (Å²) in [6.07, 6.45) is 6.59. The van der Waals surface area contributed by atoms with E-state index in [9.17, 15) is 4.79 Å². The van der Waals surface area contributed by atoms with Gasteiger partial charge in [0.2, 0.25) is 5.91 Å². The monoisotopic (exact) mass is 347 g/mol. The van der Waals surface area contributed by atoms with Crippen LogP contribution in [0.15, 0.2) is 57.6 Å². The molecule has 2 aromatic rings. The average molecular weight is 348 g/mol. The molecule has 0 aliphatic carbocycles. The number of aryl methyl sites for hydroxylation is 1. The summed E-state index contributed by atoms with van der Waals surface area (Å²) in [6.45, 7) is 2.01. The van der Waals surface area contributed by atoms with E-state index in [1.165, 1.54) is 11.6 Å². The molecule has 1 aromatic carbocycles. The summed E-state index contributed by atoms with van der Waals surface area (Å²) in [7, 11) is 0. The SMILES string of the molecule is CC(CCc1ccc(Br)cc1)NC(=O)C=Cc1ccco1. The first-order valence-electron chi connectivity index (χ1n) is 6.90. The largest absolute Gasteiger partial charge is 0.465 e. The van der Waals surface area contributed by atoms with Crippen LogP contribution in [0, 0.1) is 0 Å². The van der Waals surface area contributed by atoms with Crippen molar-refractivity contribution in [2.45, 2.75) is 25.8 Å². The Labute approximate surface area is 133 Å². The van der Waals surface area contributed by atoms with Crippen LogP contribution in [-0.4, -0.2) is 11.9 Å². The summed E-state index contributed by atoms with van der Waals surface area (Å²) >= 11 is 3.42. The summed E-state index contributed by atoms with van der Waals surface area (Å²) in [5, 5.41) is 2.95. The number of hydrogen-bond acceptors (Lipinski definition) is 2. The second-order valence-electron chi connectivity index (χ2n) is 4.92. The van der Waals surface area contributed by atoms with E-state index < -0.39 is 0 Å². The zero-order chi connectivity index (χ0) is 15.1. The minimum atomic E-state index is -0.102. The molecule has 1 aromatic heterocycles. The Kier molecular flexibility index (Phi) is 5.81. The van der Waals surface area contributed by atoms with E-state index in [-0.39, 0.29) is 11.9 Å². The van der Waals surface area contributed by atoms with E-state index >= 15 is 0 Å². The number of furan rings is 1. The minimum absolute atomic E-state index is 0.102. The highest BCUT2D eigenvalue weighted by atomic mass is 79.9. The van der Waals surface area contributed by atoms with Crippen molar-refractivity contribution in [3.63, 3.8) is 0 Å². The lowest BCUT2D eigenvalue weighted by Gasteiger charge is -2.12. The summed E-state index contributed by atoms with van der Waals surface area (Å²) in [4.78, 5) is 11.8. The molecule has 1 heterocycles. The van der Waals surface area contributed by atoms with Gasteiger partial charge < -0.3 is 9.73 Å². The molecule has 1 atom stereocenters. The lowest BCUT2D eigenvalue weighted by atomic mass is 10.1. The van der Waals surface area contributed by atoms with Gasteiger partial charge in [0.25, 0.3) is 0 Å². The van der Waals surface area contributed by atoms with Gasteiger partial charge in [0, 0.05) is 16.6 Å². The predicted octanol–water partition coefficient (Wildman–Crippen LogP) is 4.19. The Morgan fingerprint density at radius 3 is 2.76 bits per heavy atom. The van der Waals surface area contributed by atoms with E-state index in [1.54, 1.807) is 24.5 Å². The van der Waals surface area contributed by atoms with Crippen molar-refractivity contribution in [3.05, 3.63) is 64.5 Å². The van der Waals surface area contributed by atoms with Gasteiger partial charge in [0.05, 0.1) is 6.26 Å². The molecule has 0 radical (unpaired) electrons. The maximum Gasteiger partial charge on any atom is 0.244 e. The van der Waals surface area contributed by atoms with Gasteiger partial charge in [-0.25, -0.2) is 0 Å². The van der Waals surface area contributed by atoms with Gasteiger partial charge in [0.15, 0.2) is 0 Å². The Hall–Kier alpha value is -1.81. The molecule has 3 nitrogen and oxygen atoms in total. The smallest absolute Gasteiger partial charge is 0.244 e. The van der Waals surface area contributed by atoms with Crippen LogP contribution in [0.5, 0.6) is 0 Å². The van der Waals surface area contributed by atoms with Crippen LogP contribution in [0.3, 0.4) is 0 Å².